The van der Waals surface area contributed by atoms with Gasteiger partial charge in [-0.25, -0.2) is 0 Å². The Morgan fingerprint density at radius 2 is 1.61 bits per heavy atom. The Morgan fingerprint density at radius 1 is 1.04 bits per heavy atom. The fourth-order valence-corrected chi connectivity index (χ4v) is 2.23. The average molecular weight is 332 g/mol. The molecule has 0 aromatic heterocycles. The summed E-state index contributed by atoms with van der Waals surface area (Å²) in [6.45, 7) is 0. The summed E-state index contributed by atoms with van der Waals surface area (Å²) in [4.78, 5) is 33.8. The van der Waals surface area contributed by atoms with Crippen LogP contribution in [0.5, 0.6) is 5.75 Å². The van der Waals surface area contributed by atoms with E-state index in [-0.39, 0.29) is 16.4 Å². The zero-order valence-electron chi connectivity index (χ0n) is 12.0. The lowest BCUT2D eigenvalue weighted by Gasteiger charge is -2.04. The first-order valence-electron chi connectivity index (χ1n) is 6.41. The molecular formula is C15H12N2O5S. The van der Waals surface area contributed by atoms with Crippen molar-refractivity contribution in [2.24, 2.45) is 0 Å². The number of carbonyl (C=O) groups excluding carboxylic acids is 2. The number of nitro benzene ring substituents is 1. The van der Waals surface area contributed by atoms with Gasteiger partial charge in [-0.15, -0.1) is 0 Å². The van der Waals surface area contributed by atoms with Gasteiger partial charge in [0.05, 0.1) is 12.0 Å². The van der Waals surface area contributed by atoms with E-state index in [4.69, 9.17) is 4.74 Å². The Kier molecular flexibility index (Phi) is 5.32. The summed E-state index contributed by atoms with van der Waals surface area (Å²) in [5.41, 5.74) is 0.536. The maximum absolute atomic E-state index is 11.9. The van der Waals surface area contributed by atoms with Crippen LogP contribution in [0.3, 0.4) is 0 Å². The highest BCUT2D eigenvalue weighted by atomic mass is 32.2. The number of benzene rings is 2. The predicted molar refractivity (Wildman–Crippen MR) is 85.5 cm³/mol. The number of methoxy groups -OCH3 is 1. The minimum atomic E-state index is -0.552. The number of carbonyl (C=O) groups is 2. The van der Waals surface area contributed by atoms with E-state index in [0.717, 1.165) is 0 Å². The lowest BCUT2D eigenvalue weighted by Crippen LogP contribution is -2.18. The minimum Gasteiger partial charge on any atom is -0.497 e. The van der Waals surface area contributed by atoms with Crippen LogP contribution in [0, 0.1) is 10.1 Å². The molecule has 118 valence electrons. The van der Waals surface area contributed by atoms with Crippen molar-refractivity contribution in [2.45, 2.75) is 0 Å². The minimum absolute atomic E-state index is 0.108. The molecule has 8 heteroatoms. The van der Waals surface area contributed by atoms with Gasteiger partial charge in [0.15, 0.2) is 0 Å². The van der Waals surface area contributed by atoms with Crippen LogP contribution < -0.4 is 9.46 Å². The molecule has 0 bridgehead atoms. The van der Waals surface area contributed by atoms with E-state index in [1.54, 1.807) is 24.3 Å². The number of hydrogen-bond acceptors (Lipinski definition) is 6. The lowest BCUT2D eigenvalue weighted by atomic mass is 10.2. The molecule has 0 saturated carbocycles. The van der Waals surface area contributed by atoms with Gasteiger partial charge in [-0.1, -0.05) is 0 Å². The number of ether oxygens (including phenoxy) is 1. The van der Waals surface area contributed by atoms with E-state index in [1.807, 2.05) is 0 Å². The second-order valence-electron chi connectivity index (χ2n) is 4.35. The number of nitro groups is 1. The molecule has 0 spiro atoms. The molecule has 23 heavy (non-hydrogen) atoms. The van der Waals surface area contributed by atoms with E-state index >= 15 is 0 Å². The summed E-state index contributed by atoms with van der Waals surface area (Å²) >= 11 is 0.643. The van der Waals surface area contributed by atoms with Crippen LogP contribution in [-0.2, 0) is 0 Å². The topological polar surface area (TPSA) is 98.5 Å². The Hall–Kier alpha value is -2.87. The zero-order chi connectivity index (χ0) is 16.8. The summed E-state index contributed by atoms with van der Waals surface area (Å²) in [7, 11) is 1.52. The highest BCUT2D eigenvalue weighted by Crippen LogP contribution is 2.16. The predicted octanol–water partition coefficient (Wildman–Crippen LogP) is 2.82. The van der Waals surface area contributed by atoms with Gasteiger partial charge < -0.3 is 4.74 Å². The SMILES string of the molecule is COc1ccc(C(=O)SNC(=O)c2ccc([N+](=O)[O-])cc2)cc1. The van der Waals surface area contributed by atoms with Crippen LogP contribution in [0.1, 0.15) is 20.7 Å². The Bertz CT molecular complexity index is 729. The first-order chi connectivity index (χ1) is 11.0. The number of non-ortho nitro benzene ring substituents is 1. The fourth-order valence-electron chi connectivity index (χ4n) is 1.67. The largest absolute Gasteiger partial charge is 0.497 e. The van der Waals surface area contributed by atoms with Crippen LogP contribution in [0.15, 0.2) is 48.5 Å². The van der Waals surface area contributed by atoms with Gasteiger partial charge in [0, 0.05) is 35.2 Å². The number of nitrogens with one attached hydrogen (secondary N) is 1. The molecule has 0 fully saturated rings. The molecule has 1 N–H and O–H groups in total. The lowest BCUT2D eigenvalue weighted by molar-refractivity contribution is -0.384. The molecule has 0 aliphatic heterocycles. The van der Waals surface area contributed by atoms with Crippen LogP contribution >= 0.6 is 11.9 Å². The van der Waals surface area contributed by atoms with E-state index in [9.17, 15) is 19.7 Å². The van der Waals surface area contributed by atoms with Gasteiger partial charge in [0.2, 0.25) is 5.12 Å². The summed E-state index contributed by atoms with van der Waals surface area (Å²) in [5, 5.41) is 10.2. The number of rotatable bonds is 4. The van der Waals surface area contributed by atoms with Crippen LogP contribution in [0.25, 0.3) is 0 Å². The summed E-state index contributed by atoms with van der Waals surface area (Å²) in [6.07, 6.45) is 0. The second kappa shape index (κ2) is 7.41. The molecule has 0 atom stereocenters. The third kappa shape index (κ3) is 4.30. The Morgan fingerprint density at radius 3 is 2.13 bits per heavy atom. The Balaban J connectivity index is 1.94. The van der Waals surface area contributed by atoms with Gasteiger partial charge in [-0.05, 0) is 36.4 Å². The van der Waals surface area contributed by atoms with Crippen molar-refractivity contribution >= 4 is 28.7 Å². The number of nitrogens with zero attached hydrogens (tertiary/aromatic N) is 1. The van der Waals surface area contributed by atoms with Crippen LogP contribution in [0.2, 0.25) is 0 Å². The number of amides is 1. The first-order valence-corrected chi connectivity index (χ1v) is 7.23. The monoisotopic (exact) mass is 332 g/mol. The van der Waals surface area contributed by atoms with Crippen molar-refractivity contribution < 1.29 is 19.2 Å². The van der Waals surface area contributed by atoms with E-state index in [2.05, 4.69) is 4.72 Å². The normalized spacial score (nSPS) is 9.96. The fraction of sp³-hybridized carbons (Fsp3) is 0.0667. The molecule has 1 amide bonds. The highest BCUT2D eigenvalue weighted by molar-refractivity contribution is 8.12. The zero-order valence-corrected chi connectivity index (χ0v) is 12.8. The van der Waals surface area contributed by atoms with Crippen molar-refractivity contribution in [2.75, 3.05) is 7.11 Å². The van der Waals surface area contributed by atoms with Gasteiger partial charge in [0.25, 0.3) is 11.6 Å². The van der Waals surface area contributed by atoms with Gasteiger partial charge in [-0.3, -0.25) is 24.4 Å². The van der Waals surface area contributed by atoms with Crippen LogP contribution in [0.4, 0.5) is 5.69 Å². The summed E-state index contributed by atoms with van der Waals surface area (Å²) < 4.78 is 7.40. The molecule has 7 nitrogen and oxygen atoms in total. The van der Waals surface area contributed by atoms with Gasteiger partial charge in [0.1, 0.15) is 5.75 Å². The maximum Gasteiger partial charge on any atom is 0.269 e. The number of hydrogen-bond donors (Lipinski definition) is 1. The average Bonchev–Trinajstić information content (AvgIpc) is 2.59. The van der Waals surface area contributed by atoms with E-state index in [1.165, 1.54) is 31.4 Å². The maximum atomic E-state index is 11.9. The first kappa shape index (κ1) is 16.5. The molecule has 2 aromatic rings. The van der Waals surface area contributed by atoms with Crippen molar-refractivity contribution in [1.82, 2.24) is 4.72 Å². The summed E-state index contributed by atoms with van der Waals surface area (Å²) in [5.74, 6) is 0.119. The van der Waals surface area contributed by atoms with Crippen molar-refractivity contribution in [3.05, 3.63) is 69.8 Å². The van der Waals surface area contributed by atoms with Crippen molar-refractivity contribution in [3.63, 3.8) is 0 Å². The third-order valence-corrected chi connectivity index (χ3v) is 3.61. The molecule has 2 rings (SSSR count). The molecule has 0 unspecified atom stereocenters. The van der Waals surface area contributed by atoms with Crippen LogP contribution in [-0.4, -0.2) is 23.1 Å². The molecular weight excluding hydrogens is 320 g/mol. The molecule has 0 radical (unpaired) electrons. The Labute approximate surface area is 135 Å². The molecule has 2 aromatic carbocycles. The van der Waals surface area contributed by atoms with Gasteiger partial charge >= 0.3 is 0 Å². The standard InChI is InChI=1S/C15H12N2O5S/c1-22-13-8-4-11(5-9-13)15(19)23-16-14(18)10-2-6-12(7-3-10)17(20)21/h2-9H,1H3,(H,16,18). The second-order valence-corrected chi connectivity index (χ2v) is 5.13. The molecule has 0 heterocycles. The quantitative estimate of drug-likeness (QED) is 0.525. The molecule has 0 aliphatic carbocycles. The van der Waals surface area contributed by atoms with Gasteiger partial charge in [-0.2, -0.15) is 0 Å². The van der Waals surface area contributed by atoms with E-state index in [0.29, 0.717) is 23.3 Å². The summed E-state index contributed by atoms with van der Waals surface area (Å²) in [6, 6.07) is 11.6. The smallest absolute Gasteiger partial charge is 0.269 e. The molecule has 0 aliphatic rings. The van der Waals surface area contributed by atoms with Crippen molar-refractivity contribution in [1.29, 1.82) is 0 Å². The third-order valence-electron chi connectivity index (χ3n) is 2.90. The van der Waals surface area contributed by atoms with E-state index < -0.39 is 10.8 Å². The van der Waals surface area contributed by atoms with Crippen molar-refractivity contribution in [3.8, 4) is 5.75 Å². The highest BCUT2D eigenvalue weighted by Gasteiger charge is 2.12. The molecule has 0 saturated heterocycles.